The molecular weight excluding hydrogens is 274 g/mol. The van der Waals surface area contributed by atoms with Crippen molar-refractivity contribution in [2.75, 3.05) is 7.11 Å². The van der Waals surface area contributed by atoms with Crippen molar-refractivity contribution >= 4 is 22.9 Å². The number of aliphatic imine (C=N–C) groups is 1. The second-order valence-electron chi connectivity index (χ2n) is 5.51. The first-order valence-corrected chi connectivity index (χ1v) is 7.33. The molecule has 0 unspecified atom stereocenters. The molecule has 0 aliphatic rings. The zero-order valence-electron chi connectivity index (χ0n) is 13.0. The first-order chi connectivity index (χ1) is 10.7. The Hall–Kier alpha value is -2.62. The summed E-state index contributed by atoms with van der Waals surface area (Å²) in [6, 6.07) is 13.8. The van der Waals surface area contributed by atoms with Crippen LogP contribution in [0, 0.1) is 0 Å². The molecule has 22 heavy (non-hydrogen) atoms. The van der Waals surface area contributed by atoms with Crippen molar-refractivity contribution < 1.29 is 4.74 Å². The first-order valence-electron chi connectivity index (χ1n) is 7.33. The van der Waals surface area contributed by atoms with Crippen molar-refractivity contribution in [2.45, 2.75) is 19.8 Å². The molecule has 3 rings (SSSR count). The second-order valence-corrected chi connectivity index (χ2v) is 5.51. The van der Waals surface area contributed by atoms with Gasteiger partial charge in [-0.25, -0.2) is 4.98 Å². The van der Waals surface area contributed by atoms with Gasteiger partial charge in [0.15, 0.2) is 0 Å². The molecule has 0 radical (unpaired) electrons. The maximum Gasteiger partial charge on any atom is 0.118 e. The second kappa shape index (κ2) is 6.02. The predicted molar refractivity (Wildman–Crippen MR) is 90.4 cm³/mol. The maximum atomic E-state index is 5.15. The van der Waals surface area contributed by atoms with Gasteiger partial charge < -0.3 is 9.72 Å². The first kappa shape index (κ1) is 14.3. The minimum Gasteiger partial charge on any atom is -0.497 e. The number of imidazole rings is 1. The van der Waals surface area contributed by atoms with Crippen LogP contribution in [0.15, 0.2) is 47.5 Å². The molecule has 0 aliphatic heterocycles. The Bertz CT molecular complexity index is 801. The molecular formula is C18H19N3O. The number of benzene rings is 2. The molecule has 0 saturated carbocycles. The van der Waals surface area contributed by atoms with Gasteiger partial charge in [0, 0.05) is 12.1 Å². The lowest BCUT2D eigenvalue weighted by atomic mass is 10.2. The number of H-pyrrole nitrogens is 1. The molecule has 3 aromatic rings. The van der Waals surface area contributed by atoms with E-state index >= 15 is 0 Å². The zero-order valence-corrected chi connectivity index (χ0v) is 13.0. The molecule has 1 N–H and O–H groups in total. The number of methoxy groups -OCH3 is 1. The van der Waals surface area contributed by atoms with Crippen LogP contribution in [0.4, 0.5) is 5.69 Å². The third-order valence-electron chi connectivity index (χ3n) is 3.51. The van der Waals surface area contributed by atoms with Crippen LogP contribution in [0.5, 0.6) is 5.75 Å². The predicted octanol–water partition coefficient (Wildman–Crippen LogP) is 4.45. The number of hydrogen-bond donors (Lipinski definition) is 1. The van der Waals surface area contributed by atoms with Crippen LogP contribution in [-0.4, -0.2) is 23.3 Å². The average Bonchev–Trinajstić information content (AvgIpc) is 2.97. The van der Waals surface area contributed by atoms with Gasteiger partial charge in [-0.3, -0.25) is 4.99 Å². The fourth-order valence-corrected chi connectivity index (χ4v) is 2.21. The summed E-state index contributed by atoms with van der Waals surface area (Å²) in [5.41, 5.74) is 3.94. The van der Waals surface area contributed by atoms with Gasteiger partial charge in [-0.1, -0.05) is 13.8 Å². The molecule has 1 heterocycles. The third-order valence-corrected chi connectivity index (χ3v) is 3.51. The van der Waals surface area contributed by atoms with E-state index in [0.29, 0.717) is 5.92 Å². The largest absolute Gasteiger partial charge is 0.497 e. The van der Waals surface area contributed by atoms with E-state index in [9.17, 15) is 0 Å². The van der Waals surface area contributed by atoms with Crippen LogP contribution in [0.3, 0.4) is 0 Å². The molecule has 1 aromatic heterocycles. The summed E-state index contributed by atoms with van der Waals surface area (Å²) in [6.45, 7) is 4.25. The highest BCUT2D eigenvalue weighted by Gasteiger charge is 2.06. The van der Waals surface area contributed by atoms with E-state index in [1.54, 1.807) is 7.11 Å². The minimum absolute atomic E-state index is 0.388. The summed E-state index contributed by atoms with van der Waals surface area (Å²) in [6.07, 6.45) is 1.85. The Morgan fingerprint density at radius 2 is 1.91 bits per heavy atom. The van der Waals surface area contributed by atoms with Gasteiger partial charge >= 0.3 is 0 Å². The lowest BCUT2D eigenvalue weighted by Crippen LogP contribution is -1.88. The van der Waals surface area contributed by atoms with Crippen LogP contribution in [0.2, 0.25) is 0 Å². The van der Waals surface area contributed by atoms with Gasteiger partial charge in [0.1, 0.15) is 11.6 Å². The highest BCUT2D eigenvalue weighted by atomic mass is 16.5. The number of aromatic amines is 1. The minimum atomic E-state index is 0.388. The fraction of sp³-hybridized carbons (Fsp3) is 0.222. The smallest absolute Gasteiger partial charge is 0.118 e. The summed E-state index contributed by atoms with van der Waals surface area (Å²) < 4.78 is 5.15. The Morgan fingerprint density at radius 1 is 1.14 bits per heavy atom. The molecule has 0 spiro atoms. The molecule has 0 saturated heterocycles. The van der Waals surface area contributed by atoms with Crippen molar-refractivity contribution in [2.24, 2.45) is 4.99 Å². The topological polar surface area (TPSA) is 50.3 Å². The lowest BCUT2D eigenvalue weighted by molar-refractivity contribution is 0.415. The van der Waals surface area contributed by atoms with Crippen molar-refractivity contribution in [1.82, 2.24) is 9.97 Å². The normalized spacial score (nSPS) is 11.6. The van der Waals surface area contributed by atoms with Crippen LogP contribution in [0.25, 0.3) is 11.0 Å². The highest BCUT2D eigenvalue weighted by Crippen LogP contribution is 2.22. The van der Waals surface area contributed by atoms with Gasteiger partial charge in [0.2, 0.25) is 0 Å². The Morgan fingerprint density at radius 3 is 2.59 bits per heavy atom. The van der Waals surface area contributed by atoms with Crippen molar-refractivity contribution in [3.05, 3.63) is 53.9 Å². The van der Waals surface area contributed by atoms with E-state index in [-0.39, 0.29) is 0 Å². The average molecular weight is 293 g/mol. The summed E-state index contributed by atoms with van der Waals surface area (Å²) in [7, 11) is 1.66. The molecule has 0 fully saturated rings. The van der Waals surface area contributed by atoms with Gasteiger partial charge in [0.25, 0.3) is 0 Å². The Balaban J connectivity index is 1.84. The van der Waals surface area contributed by atoms with Crippen molar-refractivity contribution in [3.8, 4) is 5.75 Å². The molecule has 4 nitrogen and oxygen atoms in total. The SMILES string of the molecule is COc1ccc(C=Nc2ccc3nc(C(C)C)[nH]c3c2)cc1. The lowest BCUT2D eigenvalue weighted by Gasteiger charge is -1.99. The number of hydrogen-bond acceptors (Lipinski definition) is 3. The number of fused-ring (bicyclic) bond motifs is 1. The van der Waals surface area contributed by atoms with Crippen LogP contribution < -0.4 is 4.74 Å². The van der Waals surface area contributed by atoms with Crippen LogP contribution in [-0.2, 0) is 0 Å². The third kappa shape index (κ3) is 3.01. The molecule has 0 aliphatic carbocycles. The summed E-state index contributed by atoms with van der Waals surface area (Å²) in [4.78, 5) is 12.4. The maximum absolute atomic E-state index is 5.15. The van der Waals surface area contributed by atoms with Gasteiger partial charge in [-0.05, 0) is 48.0 Å². The molecule has 0 bridgehead atoms. The van der Waals surface area contributed by atoms with E-state index < -0.39 is 0 Å². The van der Waals surface area contributed by atoms with E-state index in [4.69, 9.17) is 4.74 Å². The van der Waals surface area contributed by atoms with E-state index in [1.807, 2.05) is 48.7 Å². The number of aromatic nitrogens is 2. The van der Waals surface area contributed by atoms with Crippen molar-refractivity contribution in [1.29, 1.82) is 0 Å². The molecule has 0 atom stereocenters. The number of ether oxygens (including phenoxy) is 1. The van der Waals surface area contributed by atoms with Crippen LogP contribution >= 0.6 is 0 Å². The van der Waals surface area contributed by atoms with E-state index in [0.717, 1.165) is 33.9 Å². The van der Waals surface area contributed by atoms with E-state index in [2.05, 4.69) is 28.8 Å². The molecule has 112 valence electrons. The summed E-state index contributed by atoms with van der Waals surface area (Å²) >= 11 is 0. The number of nitrogens with zero attached hydrogens (tertiary/aromatic N) is 2. The fourth-order valence-electron chi connectivity index (χ4n) is 2.21. The monoisotopic (exact) mass is 293 g/mol. The van der Waals surface area contributed by atoms with Crippen molar-refractivity contribution in [3.63, 3.8) is 0 Å². The van der Waals surface area contributed by atoms with Crippen LogP contribution in [0.1, 0.15) is 31.2 Å². The number of nitrogens with one attached hydrogen (secondary N) is 1. The zero-order chi connectivity index (χ0) is 15.5. The molecule has 2 aromatic carbocycles. The Labute approximate surface area is 129 Å². The van der Waals surface area contributed by atoms with Gasteiger partial charge in [-0.15, -0.1) is 0 Å². The van der Waals surface area contributed by atoms with E-state index in [1.165, 1.54) is 0 Å². The standard InChI is InChI=1S/C18H19N3O/c1-12(2)18-20-16-9-6-14(10-17(16)21-18)19-11-13-4-7-15(22-3)8-5-13/h4-12H,1-3H3,(H,20,21). The quantitative estimate of drug-likeness (QED) is 0.723. The molecule has 4 heteroatoms. The number of rotatable bonds is 4. The van der Waals surface area contributed by atoms with Gasteiger partial charge in [0.05, 0.1) is 23.8 Å². The summed E-state index contributed by atoms with van der Waals surface area (Å²) in [5.74, 6) is 2.24. The highest BCUT2D eigenvalue weighted by molar-refractivity contribution is 5.84. The van der Waals surface area contributed by atoms with Gasteiger partial charge in [-0.2, -0.15) is 0 Å². The summed E-state index contributed by atoms with van der Waals surface area (Å²) in [5, 5.41) is 0. The Kier molecular flexibility index (Phi) is 3.92. The molecule has 0 amide bonds.